The summed E-state index contributed by atoms with van der Waals surface area (Å²) in [6, 6.07) is 24.3. The molecular weight excluding hydrogens is 334 g/mol. The van der Waals surface area contributed by atoms with Crippen molar-refractivity contribution in [2.75, 3.05) is 13.7 Å². The quantitative estimate of drug-likeness (QED) is 0.674. The Labute approximate surface area is 160 Å². The lowest BCUT2D eigenvalue weighted by molar-refractivity contribution is 0.0691. The Morgan fingerprint density at radius 1 is 0.963 bits per heavy atom. The van der Waals surface area contributed by atoms with Gasteiger partial charge in [-0.15, -0.1) is 0 Å². The van der Waals surface area contributed by atoms with Gasteiger partial charge in [0, 0.05) is 6.54 Å². The lowest BCUT2D eigenvalue weighted by Crippen LogP contribution is -2.40. The number of methoxy groups -OCH3 is 1. The minimum absolute atomic E-state index is 0.00697. The van der Waals surface area contributed by atoms with E-state index >= 15 is 0 Å². The first-order valence-electron chi connectivity index (χ1n) is 9.27. The van der Waals surface area contributed by atoms with Crippen molar-refractivity contribution in [1.82, 2.24) is 4.90 Å². The molecule has 136 valence electrons. The summed E-state index contributed by atoms with van der Waals surface area (Å²) in [5, 5.41) is 0. The second-order valence-electron chi connectivity index (χ2n) is 6.96. The number of carbonyl (C=O) groups excluding carboxylic acids is 1. The molecule has 3 aromatic rings. The first kappa shape index (κ1) is 17.3. The van der Waals surface area contributed by atoms with Crippen molar-refractivity contribution in [3.05, 3.63) is 101 Å². The van der Waals surface area contributed by atoms with E-state index in [1.54, 1.807) is 7.11 Å². The summed E-state index contributed by atoms with van der Waals surface area (Å²) in [7, 11) is 1.61. The highest BCUT2D eigenvalue weighted by Gasteiger charge is 2.33. The maximum atomic E-state index is 13.5. The predicted octanol–water partition coefficient (Wildman–Crippen LogP) is 4.79. The van der Waals surface area contributed by atoms with Crippen LogP contribution in [0.3, 0.4) is 0 Å². The molecule has 0 fully saturated rings. The monoisotopic (exact) mass is 357 g/mol. The van der Waals surface area contributed by atoms with Crippen LogP contribution in [-0.4, -0.2) is 24.5 Å². The molecule has 3 heteroatoms. The van der Waals surface area contributed by atoms with Crippen LogP contribution in [0.1, 0.15) is 38.7 Å². The van der Waals surface area contributed by atoms with Gasteiger partial charge in [0.2, 0.25) is 0 Å². The van der Waals surface area contributed by atoms with E-state index in [4.69, 9.17) is 4.74 Å². The number of carbonyl (C=O) groups is 1. The van der Waals surface area contributed by atoms with Crippen LogP contribution in [0.5, 0.6) is 5.75 Å². The average molecular weight is 357 g/mol. The number of nitrogens with zero attached hydrogens (tertiary/aromatic N) is 1. The third kappa shape index (κ3) is 3.21. The molecule has 4 rings (SSSR count). The molecule has 1 heterocycles. The van der Waals surface area contributed by atoms with Gasteiger partial charge in [0.15, 0.2) is 0 Å². The van der Waals surface area contributed by atoms with Crippen molar-refractivity contribution in [3.63, 3.8) is 0 Å². The maximum absolute atomic E-state index is 13.5. The fourth-order valence-electron chi connectivity index (χ4n) is 3.87. The summed E-state index contributed by atoms with van der Waals surface area (Å²) < 4.78 is 5.44. The van der Waals surface area contributed by atoms with Gasteiger partial charge >= 0.3 is 0 Å². The highest BCUT2D eigenvalue weighted by Crippen LogP contribution is 2.37. The van der Waals surface area contributed by atoms with Crippen molar-refractivity contribution >= 4 is 5.91 Å². The van der Waals surface area contributed by atoms with Crippen LogP contribution in [0, 0.1) is 6.92 Å². The molecular formula is C24H23NO2. The van der Waals surface area contributed by atoms with Crippen molar-refractivity contribution in [2.45, 2.75) is 19.4 Å². The molecule has 0 bridgehead atoms. The number of para-hydroxylation sites is 1. The minimum Gasteiger partial charge on any atom is -0.496 e. The normalized spacial score (nSPS) is 15.9. The first-order chi connectivity index (χ1) is 13.2. The maximum Gasteiger partial charge on any atom is 0.258 e. The van der Waals surface area contributed by atoms with Gasteiger partial charge in [0.1, 0.15) is 5.75 Å². The van der Waals surface area contributed by atoms with Crippen molar-refractivity contribution in [3.8, 4) is 5.75 Å². The number of rotatable bonds is 3. The molecule has 1 aliphatic rings. The Bertz CT molecular complexity index is 962. The van der Waals surface area contributed by atoms with E-state index < -0.39 is 0 Å². The van der Waals surface area contributed by atoms with Crippen LogP contribution in [0.4, 0.5) is 0 Å². The van der Waals surface area contributed by atoms with Crippen molar-refractivity contribution in [2.24, 2.45) is 0 Å². The SMILES string of the molecule is COc1ccccc1C(=O)N1CCc2ccccc2[C@@H]1c1ccc(C)cc1. The van der Waals surface area contributed by atoms with Crippen LogP contribution >= 0.6 is 0 Å². The molecule has 0 saturated heterocycles. The number of fused-ring (bicyclic) bond motifs is 1. The molecule has 0 aliphatic carbocycles. The molecule has 0 N–H and O–H groups in total. The number of benzene rings is 3. The summed E-state index contributed by atoms with van der Waals surface area (Å²) in [6.07, 6.45) is 0.861. The van der Waals surface area contributed by atoms with Crippen molar-refractivity contribution in [1.29, 1.82) is 0 Å². The lowest BCUT2D eigenvalue weighted by Gasteiger charge is -2.38. The summed E-state index contributed by atoms with van der Waals surface area (Å²) in [5.41, 5.74) is 5.47. The van der Waals surface area contributed by atoms with Crippen LogP contribution in [0.2, 0.25) is 0 Å². The largest absolute Gasteiger partial charge is 0.496 e. The van der Waals surface area contributed by atoms with Crippen LogP contribution in [0.25, 0.3) is 0 Å². The molecule has 0 unspecified atom stereocenters. The lowest BCUT2D eigenvalue weighted by atomic mass is 9.87. The van der Waals surface area contributed by atoms with Gasteiger partial charge in [-0.1, -0.05) is 66.2 Å². The van der Waals surface area contributed by atoms with E-state index in [0.29, 0.717) is 17.9 Å². The molecule has 1 atom stereocenters. The van der Waals surface area contributed by atoms with E-state index in [0.717, 1.165) is 12.0 Å². The van der Waals surface area contributed by atoms with Gasteiger partial charge in [-0.2, -0.15) is 0 Å². The Balaban J connectivity index is 1.81. The molecule has 0 radical (unpaired) electrons. The van der Waals surface area contributed by atoms with Crippen molar-refractivity contribution < 1.29 is 9.53 Å². The summed E-state index contributed by atoms with van der Waals surface area (Å²) in [6.45, 7) is 2.77. The van der Waals surface area contributed by atoms with E-state index in [-0.39, 0.29) is 11.9 Å². The Morgan fingerprint density at radius 3 is 2.44 bits per heavy atom. The third-order valence-electron chi connectivity index (χ3n) is 5.27. The number of ether oxygens (including phenoxy) is 1. The smallest absolute Gasteiger partial charge is 0.258 e. The number of aryl methyl sites for hydroxylation is 1. The topological polar surface area (TPSA) is 29.5 Å². The van der Waals surface area contributed by atoms with Gasteiger partial charge < -0.3 is 9.64 Å². The van der Waals surface area contributed by atoms with Gasteiger partial charge in [-0.3, -0.25) is 4.79 Å². The minimum atomic E-state index is -0.0898. The van der Waals surface area contributed by atoms with Gasteiger partial charge in [0.05, 0.1) is 18.7 Å². The highest BCUT2D eigenvalue weighted by atomic mass is 16.5. The highest BCUT2D eigenvalue weighted by molar-refractivity contribution is 5.97. The van der Waals surface area contributed by atoms with E-state index in [1.807, 2.05) is 29.2 Å². The number of hydrogen-bond acceptors (Lipinski definition) is 2. The van der Waals surface area contributed by atoms with Crippen LogP contribution in [-0.2, 0) is 6.42 Å². The van der Waals surface area contributed by atoms with Gasteiger partial charge in [-0.05, 0) is 42.2 Å². The Morgan fingerprint density at radius 2 is 1.67 bits per heavy atom. The zero-order valence-electron chi connectivity index (χ0n) is 15.7. The van der Waals surface area contributed by atoms with Crippen LogP contribution in [0.15, 0.2) is 72.8 Å². The summed E-state index contributed by atoms with van der Waals surface area (Å²) in [4.78, 5) is 15.5. The molecule has 1 aliphatic heterocycles. The molecule has 3 aromatic carbocycles. The molecule has 0 aromatic heterocycles. The van der Waals surface area contributed by atoms with Crippen LogP contribution < -0.4 is 4.74 Å². The van der Waals surface area contributed by atoms with Gasteiger partial charge in [0.25, 0.3) is 5.91 Å². The van der Waals surface area contributed by atoms with Gasteiger partial charge in [-0.25, -0.2) is 0 Å². The first-order valence-corrected chi connectivity index (χ1v) is 9.27. The predicted molar refractivity (Wildman–Crippen MR) is 107 cm³/mol. The number of hydrogen-bond donors (Lipinski definition) is 0. The van der Waals surface area contributed by atoms with E-state index in [2.05, 4.69) is 55.5 Å². The molecule has 1 amide bonds. The molecule has 0 saturated carbocycles. The standard InChI is InChI=1S/C24H23NO2/c1-17-11-13-19(14-12-17)23-20-8-4-3-7-18(20)15-16-25(23)24(26)21-9-5-6-10-22(21)27-2/h3-14,23H,15-16H2,1-2H3/t23-/m0/s1. The summed E-state index contributed by atoms with van der Waals surface area (Å²) in [5.74, 6) is 0.622. The number of amides is 1. The Kier molecular flexibility index (Phi) is 4.68. The van der Waals surface area contributed by atoms with E-state index in [1.165, 1.54) is 16.7 Å². The zero-order valence-corrected chi connectivity index (χ0v) is 15.7. The third-order valence-corrected chi connectivity index (χ3v) is 5.27. The zero-order chi connectivity index (χ0) is 18.8. The molecule has 0 spiro atoms. The second kappa shape index (κ2) is 7.28. The van der Waals surface area contributed by atoms with E-state index in [9.17, 15) is 4.79 Å². The fraction of sp³-hybridized carbons (Fsp3) is 0.208. The second-order valence-corrected chi connectivity index (χ2v) is 6.96. The molecule has 27 heavy (non-hydrogen) atoms. The average Bonchev–Trinajstić information content (AvgIpc) is 2.73. The molecule has 3 nitrogen and oxygen atoms in total. The fourth-order valence-corrected chi connectivity index (χ4v) is 3.87. The Hall–Kier alpha value is -3.07. The summed E-state index contributed by atoms with van der Waals surface area (Å²) >= 11 is 0.